The maximum absolute atomic E-state index is 12.9. The zero-order valence-corrected chi connectivity index (χ0v) is 20.7. The second-order valence-electron chi connectivity index (χ2n) is 8.84. The summed E-state index contributed by atoms with van der Waals surface area (Å²) >= 11 is 0. The minimum atomic E-state index is -0.508. The summed E-state index contributed by atoms with van der Waals surface area (Å²) in [4.78, 5) is 35.0. The summed E-state index contributed by atoms with van der Waals surface area (Å²) in [5, 5.41) is 24.6. The molecule has 0 aliphatic heterocycles. The number of benzene rings is 1. The Morgan fingerprint density at radius 2 is 1.97 bits per heavy atom. The first kappa shape index (κ1) is 27.0. The topological polar surface area (TPSA) is 167 Å². The van der Waals surface area contributed by atoms with Gasteiger partial charge in [-0.1, -0.05) is 31.2 Å². The summed E-state index contributed by atoms with van der Waals surface area (Å²) in [5.74, 6) is -0.485. The van der Waals surface area contributed by atoms with Gasteiger partial charge in [0, 0.05) is 30.7 Å². The van der Waals surface area contributed by atoms with Gasteiger partial charge in [0.15, 0.2) is 0 Å². The van der Waals surface area contributed by atoms with Crippen LogP contribution in [-0.2, 0) is 27.4 Å². The van der Waals surface area contributed by atoms with Gasteiger partial charge in [-0.15, -0.1) is 5.10 Å². The molecule has 0 saturated carbocycles. The molecule has 3 atom stereocenters. The van der Waals surface area contributed by atoms with Crippen molar-refractivity contribution in [3.05, 3.63) is 63.5 Å². The average molecular weight is 500 g/mol. The summed E-state index contributed by atoms with van der Waals surface area (Å²) < 4.78 is 7.78. The molecule has 0 radical (unpaired) electrons. The zero-order valence-electron chi connectivity index (χ0n) is 20.7. The molecule has 0 unspecified atom stereocenters. The highest BCUT2D eigenvalue weighted by molar-refractivity contribution is 5.93. The molecular weight excluding hydrogens is 466 g/mol. The number of carbonyl (C=O) groups is 2. The van der Waals surface area contributed by atoms with Crippen LogP contribution >= 0.6 is 0 Å². The average Bonchev–Trinajstić information content (AvgIpc) is 3.30. The number of carbonyl (C=O) groups excluding carboxylic acids is 2. The number of nitro benzene ring substituents is 1. The molecule has 3 rings (SSSR count). The predicted octanol–water partition coefficient (Wildman–Crippen LogP) is 1.59. The van der Waals surface area contributed by atoms with Crippen molar-refractivity contribution in [2.45, 2.75) is 77.4 Å². The van der Waals surface area contributed by atoms with Gasteiger partial charge in [-0.2, -0.15) is 0 Å². The maximum atomic E-state index is 12.9. The van der Waals surface area contributed by atoms with Gasteiger partial charge >= 0.3 is 0 Å². The standard InChI is InChI=1S/C24H33N7O5/c1-4-20(5-2)36-22-11-17(10-21(25)23(22)27-15(3)32)24(33)26-12-18-14-30(29-28-18)13-16-6-8-19(9-7-16)31(34)35/h6-9,11,14,20-23H,4-5,10,12-13,25H2,1-3H3,(H,26,33)(H,27,32)/t21-,22+,23+/m0/s1. The molecule has 0 spiro atoms. The summed E-state index contributed by atoms with van der Waals surface area (Å²) in [6, 6.07) is 5.31. The van der Waals surface area contributed by atoms with Crippen molar-refractivity contribution in [1.82, 2.24) is 25.6 Å². The Morgan fingerprint density at radius 1 is 1.28 bits per heavy atom. The number of nitro groups is 1. The van der Waals surface area contributed by atoms with Crippen LogP contribution < -0.4 is 16.4 Å². The number of nitrogens with one attached hydrogen (secondary N) is 2. The normalized spacial score (nSPS) is 19.6. The van der Waals surface area contributed by atoms with Crippen molar-refractivity contribution in [3.8, 4) is 0 Å². The van der Waals surface area contributed by atoms with Crippen molar-refractivity contribution in [3.63, 3.8) is 0 Å². The van der Waals surface area contributed by atoms with Gasteiger partial charge in [-0.3, -0.25) is 19.7 Å². The van der Waals surface area contributed by atoms with Gasteiger partial charge < -0.3 is 21.1 Å². The van der Waals surface area contributed by atoms with Crippen molar-refractivity contribution in [2.75, 3.05) is 0 Å². The quantitative estimate of drug-likeness (QED) is 0.309. The number of aromatic nitrogens is 3. The number of hydrogen-bond acceptors (Lipinski definition) is 8. The Morgan fingerprint density at radius 3 is 2.58 bits per heavy atom. The molecule has 12 heteroatoms. The highest BCUT2D eigenvalue weighted by Gasteiger charge is 2.35. The second-order valence-corrected chi connectivity index (χ2v) is 8.84. The third-order valence-electron chi connectivity index (χ3n) is 6.07. The van der Waals surface area contributed by atoms with Crippen LogP contribution in [-0.4, -0.2) is 56.0 Å². The highest BCUT2D eigenvalue weighted by atomic mass is 16.6. The van der Waals surface area contributed by atoms with Crippen molar-refractivity contribution in [2.24, 2.45) is 5.73 Å². The second kappa shape index (κ2) is 12.4. The molecule has 1 aliphatic carbocycles. The third-order valence-corrected chi connectivity index (χ3v) is 6.07. The molecule has 1 aromatic heterocycles. The molecule has 0 bridgehead atoms. The molecule has 1 aromatic carbocycles. The SMILES string of the molecule is CCC(CC)O[C@@H]1C=C(C(=O)NCc2cn(Cc3ccc([N+](=O)[O-])cc3)nn2)C[C@H](N)[C@H]1NC(C)=O. The fraction of sp³-hybridized carbons (Fsp3) is 0.500. The summed E-state index contributed by atoms with van der Waals surface area (Å²) in [6.45, 7) is 6.03. The molecule has 12 nitrogen and oxygen atoms in total. The van der Waals surface area contributed by atoms with Crippen LogP contribution in [0.3, 0.4) is 0 Å². The van der Waals surface area contributed by atoms with Gasteiger partial charge in [-0.05, 0) is 30.9 Å². The number of rotatable bonds is 11. The summed E-state index contributed by atoms with van der Waals surface area (Å²) in [6.07, 6.45) is 4.85. The maximum Gasteiger partial charge on any atom is 0.269 e. The predicted molar refractivity (Wildman–Crippen MR) is 132 cm³/mol. The number of hydrogen-bond donors (Lipinski definition) is 3. The molecule has 2 amide bonds. The van der Waals surface area contributed by atoms with Gasteiger partial charge in [0.05, 0.1) is 42.5 Å². The third kappa shape index (κ3) is 7.18. The Bertz CT molecular complexity index is 1090. The van der Waals surface area contributed by atoms with E-state index in [0.717, 1.165) is 18.4 Å². The highest BCUT2D eigenvalue weighted by Crippen LogP contribution is 2.23. The van der Waals surface area contributed by atoms with E-state index in [1.165, 1.54) is 19.1 Å². The van der Waals surface area contributed by atoms with Crippen LogP contribution in [0.5, 0.6) is 0 Å². The van der Waals surface area contributed by atoms with Crippen LogP contribution in [0.4, 0.5) is 5.69 Å². The van der Waals surface area contributed by atoms with E-state index < -0.39 is 23.1 Å². The van der Waals surface area contributed by atoms with Gasteiger partial charge in [0.2, 0.25) is 11.8 Å². The molecule has 2 aromatic rings. The number of amides is 2. The number of non-ortho nitro benzene ring substituents is 1. The van der Waals surface area contributed by atoms with Crippen molar-refractivity contribution < 1.29 is 19.2 Å². The molecular formula is C24H33N7O5. The van der Waals surface area contributed by atoms with Crippen LogP contribution in [0.25, 0.3) is 0 Å². The van der Waals surface area contributed by atoms with E-state index in [4.69, 9.17) is 10.5 Å². The fourth-order valence-corrected chi connectivity index (χ4v) is 4.11. The van der Waals surface area contributed by atoms with Crippen LogP contribution in [0.1, 0.15) is 51.3 Å². The van der Waals surface area contributed by atoms with Crippen LogP contribution in [0.15, 0.2) is 42.1 Å². The lowest BCUT2D eigenvalue weighted by atomic mass is 9.87. The van der Waals surface area contributed by atoms with Crippen LogP contribution in [0, 0.1) is 10.1 Å². The lowest BCUT2D eigenvalue weighted by Crippen LogP contribution is -2.57. The van der Waals surface area contributed by atoms with Crippen LogP contribution in [0.2, 0.25) is 0 Å². The van der Waals surface area contributed by atoms with E-state index in [0.29, 0.717) is 24.2 Å². The smallest absolute Gasteiger partial charge is 0.269 e. The molecule has 4 N–H and O–H groups in total. The van der Waals surface area contributed by atoms with E-state index in [1.54, 1.807) is 29.1 Å². The van der Waals surface area contributed by atoms with Gasteiger partial charge in [-0.25, -0.2) is 4.68 Å². The molecule has 1 aliphatic rings. The number of nitrogens with two attached hydrogens (primary N) is 1. The largest absolute Gasteiger partial charge is 0.369 e. The Labute approximate surface area is 209 Å². The van der Waals surface area contributed by atoms with E-state index in [2.05, 4.69) is 20.9 Å². The fourth-order valence-electron chi connectivity index (χ4n) is 4.11. The monoisotopic (exact) mass is 499 g/mol. The summed E-state index contributed by atoms with van der Waals surface area (Å²) in [7, 11) is 0. The number of ether oxygens (including phenoxy) is 1. The summed E-state index contributed by atoms with van der Waals surface area (Å²) in [5.41, 5.74) is 8.25. The molecule has 0 fully saturated rings. The first-order valence-corrected chi connectivity index (χ1v) is 12.0. The first-order valence-electron chi connectivity index (χ1n) is 12.0. The molecule has 1 heterocycles. The van der Waals surface area contributed by atoms with E-state index in [-0.39, 0.29) is 30.2 Å². The Kier molecular flexibility index (Phi) is 9.25. The molecule has 0 saturated heterocycles. The van der Waals surface area contributed by atoms with Crippen molar-refractivity contribution >= 4 is 17.5 Å². The molecule has 194 valence electrons. The molecule has 36 heavy (non-hydrogen) atoms. The van der Waals surface area contributed by atoms with Gasteiger partial charge in [0.1, 0.15) is 5.69 Å². The minimum absolute atomic E-state index is 0.0112. The lowest BCUT2D eigenvalue weighted by Gasteiger charge is -2.36. The lowest BCUT2D eigenvalue weighted by molar-refractivity contribution is -0.384. The zero-order chi connectivity index (χ0) is 26.2. The first-order chi connectivity index (χ1) is 17.2. The minimum Gasteiger partial charge on any atom is -0.369 e. The Hall–Kier alpha value is -3.64. The Balaban J connectivity index is 1.62. The van der Waals surface area contributed by atoms with Crippen molar-refractivity contribution in [1.29, 1.82) is 0 Å². The number of nitrogens with zero attached hydrogens (tertiary/aromatic N) is 4. The van der Waals surface area contributed by atoms with E-state index >= 15 is 0 Å². The van der Waals surface area contributed by atoms with Gasteiger partial charge in [0.25, 0.3) is 5.69 Å². The van der Waals surface area contributed by atoms with E-state index in [1.807, 2.05) is 13.8 Å². The van der Waals surface area contributed by atoms with E-state index in [9.17, 15) is 19.7 Å².